The lowest BCUT2D eigenvalue weighted by molar-refractivity contribution is 0.0983. The SMILES string of the molecule is CC(C)c1cc(N2CCCNCC2)c2ncccc2c1.CCC(=O)c1ccn(-c2ccccc2)n1.CCC(c1ccn(-c2ccccc2)n1)N1CCCN(c2cc(C(C)C)cc3cccnc23)CC1.Cl. The lowest BCUT2D eigenvalue weighted by Crippen LogP contribution is -2.33. The quantitative estimate of drug-likeness (QED) is 0.127. The van der Waals surface area contributed by atoms with Gasteiger partial charge in [0.2, 0.25) is 0 Å². The van der Waals surface area contributed by atoms with Crippen molar-refractivity contribution < 1.29 is 4.79 Å². The van der Waals surface area contributed by atoms with Gasteiger partial charge in [0, 0.05) is 87.8 Å². The molecule has 0 spiro atoms. The fourth-order valence-corrected chi connectivity index (χ4v) is 9.39. The topological polar surface area (TPSA) is 100 Å². The molecule has 4 aromatic heterocycles. The van der Waals surface area contributed by atoms with E-state index in [0.717, 1.165) is 93.3 Å². The number of hydrogen-bond donors (Lipinski definition) is 1. The first kappa shape index (κ1) is 51.5. The van der Waals surface area contributed by atoms with Crippen molar-refractivity contribution in [3.8, 4) is 11.4 Å². The Hall–Kier alpha value is -6.40. The molecule has 0 saturated carbocycles. The number of aromatic nitrogens is 6. The summed E-state index contributed by atoms with van der Waals surface area (Å²) in [4.78, 5) is 28.4. The monoisotopic (exact) mass is 959 g/mol. The molecule has 10 rings (SSSR count). The number of hydrogen-bond acceptors (Lipinski definition) is 9. The van der Waals surface area contributed by atoms with Crippen molar-refractivity contribution in [3.63, 3.8) is 0 Å². The molecule has 366 valence electrons. The Bertz CT molecular complexity index is 2870. The minimum Gasteiger partial charge on any atom is -0.368 e. The highest BCUT2D eigenvalue weighted by Gasteiger charge is 2.26. The fourth-order valence-electron chi connectivity index (χ4n) is 9.39. The second kappa shape index (κ2) is 24.9. The first-order valence-electron chi connectivity index (χ1n) is 25.2. The molecular weight excluding hydrogens is 888 g/mol. The van der Waals surface area contributed by atoms with Crippen molar-refractivity contribution in [1.82, 2.24) is 39.7 Å². The van der Waals surface area contributed by atoms with E-state index in [2.05, 4.69) is 138 Å². The lowest BCUT2D eigenvalue weighted by Gasteiger charge is -2.29. The molecule has 12 heteroatoms. The average Bonchev–Trinajstić information content (AvgIpc) is 3.93. The van der Waals surface area contributed by atoms with Crippen molar-refractivity contribution >= 4 is 51.4 Å². The Balaban J connectivity index is 0.000000170. The van der Waals surface area contributed by atoms with Crippen molar-refractivity contribution in [2.24, 2.45) is 0 Å². The summed E-state index contributed by atoms with van der Waals surface area (Å²) >= 11 is 0. The molecule has 11 nitrogen and oxygen atoms in total. The maximum Gasteiger partial charge on any atom is 0.182 e. The van der Waals surface area contributed by atoms with Gasteiger partial charge >= 0.3 is 0 Å². The van der Waals surface area contributed by atoms with Gasteiger partial charge in [-0.05, 0) is 122 Å². The van der Waals surface area contributed by atoms with Crippen LogP contribution in [-0.2, 0) is 0 Å². The molecule has 0 aliphatic carbocycles. The van der Waals surface area contributed by atoms with Crippen LogP contribution in [0.15, 0.2) is 146 Å². The average molecular weight is 960 g/mol. The standard InChI is InChI=1S/C29H35N5.C17H23N3.C12H12N2O.ClH/c1-4-27(26-13-17-34(31-26)25-11-6-5-7-12-25)32-15-9-16-33(19-18-32)28-21-24(22(2)3)20-23-10-8-14-30-29(23)28;1-13(2)15-11-14-5-3-7-19-17(14)16(12-15)20-9-4-6-18-8-10-20;1-2-12(15)11-8-9-14(13-11)10-6-4-3-5-7-10;/h5-8,10-14,17,20-22,27H,4,9,15-16,18-19H2,1-3H3;3,5,7,11-13,18H,4,6,8-10H2,1-2H3;3-9H,2H2,1H3;1H. The number of nitrogens with one attached hydrogen (secondary N) is 1. The second-order valence-electron chi connectivity index (χ2n) is 18.7. The van der Waals surface area contributed by atoms with Gasteiger partial charge in [-0.2, -0.15) is 10.2 Å². The molecule has 2 fully saturated rings. The molecule has 2 aliphatic heterocycles. The van der Waals surface area contributed by atoms with E-state index < -0.39 is 0 Å². The fraction of sp³-hybridized carbons (Fsp3) is 0.362. The third kappa shape index (κ3) is 12.7. The first-order chi connectivity index (χ1) is 33.7. The number of ketones is 1. The Kier molecular flexibility index (Phi) is 18.3. The highest BCUT2D eigenvalue weighted by atomic mass is 35.5. The minimum atomic E-state index is 0. The molecule has 2 saturated heterocycles. The predicted molar refractivity (Wildman–Crippen MR) is 292 cm³/mol. The molecule has 70 heavy (non-hydrogen) atoms. The molecule has 1 unspecified atom stereocenters. The highest BCUT2D eigenvalue weighted by Crippen LogP contribution is 2.33. The molecule has 2 aliphatic rings. The molecule has 1 N–H and O–H groups in total. The van der Waals surface area contributed by atoms with Crippen LogP contribution in [0.3, 0.4) is 0 Å². The van der Waals surface area contributed by atoms with Crippen molar-refractivity contribution in [2.75, 3.05) is 62.2 Å². The summed E-state index contributed by atoms with van der Waals surface area (Å²) in [7, 11) is 0. The maximum atomic E-state index is 11.4. The maximum absolute atomic E-state index is 11.4. The summed E-state index contributed by atoms with van der Waals surface area (Å²) in [5.41, 5.74) is 11.4. The van der Waals surface area contributed by atoms with Crippen LogP contribution in [0.5, 0.6) is 0 Å². The van der Waals surface area contributed by atoms with E-state index in [4.69, 9.17) is 10.1 Å². The van der Waals surface area contributed by atoms with E-state index in [-0.39, 0.29) is 18.2 Å². The van der Waals surface area contributed by atoms with Crippen molar-refractivity contribution in [3.05, 3.63) is 169 Å². The number of halogens is 1. The first-order valence-corrected chi connectivity index (χ1v) is 25.2. The van der Waals surface area contributed by atoms with Gasteiger partial charge in [0.05, 0.1) is 45.5 Å². The molecule has 0 amide bonds. The van der Waals surface area contributed by atoms with E-state index in [0.29, 0.717) is 30.0 Å². The molecule has 8 aromatic rings. The summed E-state index contributed by atoms with van der Waals surface area (Å²) in [5, 5.41) is 15.1. The largest absolute Gasteiger partial charge is 0.368 e. The molecule has 0 bridgehead atoms. The number of fused-ring (bicyclic) bond motifs is 2. The van der Waals surface area contributed by atoms with Gasteiger partial charge in [0.1, 0.15) is 5.69 Å². The second-order valence-corrected chi connectivity index (χ2v) is 18.7. The van der Waals surface area contributed by atoms with Gasteiger partial charge in [0.15, 0.2) is 5.78 Å². The van der Waals surface area contributed by atoms with E-state index >= 15 is 0 Å². The van der Waals surface area contributed by atoms with Crippen LogP contribution in [0.25, 0.3) is 33.2 Å². The number of Topliss-reactive ketones (excluding diaryl/α,β-unsaturated/α-hetero) is 1. The molecule has 6 heterocycles. The number of pyridine rings is 2. The van der Waals surface area contributed by atoms with Crippen molar-refractivity contribution in [1.29, 1.82) is 0 Å². The van der Waals surface area contributed by atoms with E-state index in [9.17, 15) is 4.79 Å². The Morgan fingerprint density at radius 3 is 1.71 bits per heavy atom. The van der Waals surface area contributed by atoms with Gasteiger partial charge in [-0.1, -0.05) is 90.1 Å². The summed E-state index contributed by atoms with van der Waals surface area (Å²) in [6, 6.07) is 42.1. The zero-order chi connectivity index (χ0) is 48.1. The molecular formula is C58H71ClN10O. The summed E-state index contributed by atoms with van der Waals surface area (Å²) in [5.74, 6) is 1.11. The summed E-state index contributed by atoms with van der Waals surface area (Å²) < 4.78 is 3.71. The molecule has 0 radical (unpaired) electrons. The summed E-state index contributed by atoms with van der Waals surface area (Å²) in [6.07, 6.45) is 11.6. The highest BCUT2D eigenvalue weighted by molar-refractivity contribution is 5.94. The summed E-state index contributed by atoms with van der Waals surface area (Å²) in [6.45, 7) is 21.7. The van der Waals surface area contributed by atoms with E-state index in [1.165, 1.54) is 39.7 Å². The number of benzene rings is 4. The zero-order valence-corrected chi connectivity index (χ0v) is 42.7. The third-order valence-corrected chi connectivity index (χ3v) is 13.3. The molecule has 4 aromatic carbocycles. The Morgan fingerprint density at radius 1 is 0.586 bits per heavy atom. The van der Waals surface area contributed by atoms with Gasteiger partial charge < -0.3 is 15.1 Å². The number of anilines is 2. The van der Waals surface area contributed by atoms with E-state index in [1.54, 1.807) is 16.9 Å². The van der Waals surface area contributed by atoms with Crippen LogP contribution in [0.1, 0.15) is 112 Å². The van der Waals surface area contributed by atoms with Gasteiger partial charge in [-0.25, -0.2) is 9.36 Å². The van der Waals surface area contributed by atoms with Crippen LogP contribution >= 0.6 is 12.4 Å². The number of carbonyl (C=O) groups excluding carboxylic acids is 1. The molecule has 1 atom stereocenters. The third-order valence-electron chi connectivity index (χ3n) is 13.3. The van der Waals surface area contributed by atoms with Crippen LogP contribution in [0.2, 0.25) is 0 Å². The van der Waals surface area contributed by atoms with Crippen LogP contribution in [0, 0.1) is 0 Å². The van der Waals surface area contributed by atoms with Crippen molar-refractivity contribution in [2.45, 2.75) is 85.1 Å². The van der Waals surface area contributed by atoms with Gasteiger partial charge in [-0.3, -0.25) is 19.7 Å². The normalized spacial score (nSPS) is 14.8. The smallest absolute Gasteiger partial charge is 0.182 e. The predicted octanol–water partition coefficient (Wildman–Crippen LogP) is 12.3. The number of carbonyl (C=O) groups is 1. The lowest BCUT2D eigenvalue weighted by atomic mass is 9.99. The number of nitrogens with zero attached hydrogens (tertiary/aromatic N) is 9. The van der Waals surface area contributed by atoms with Gasteiger partial charge in [-0.15, -0.1) is 12.4 Å². The minimum absolute atomic E-state index is 0. The van der Waals surface area contributed by atoms with Gasteiger partial charge in [0.25, 0.3) is 0 Å². The number of rotatable bonds is 11. The van der Waals surface area contributed by atoms with Crippen LogP contribution in [0.4, 0.5) is 11.4 Å². The van der Waals surface area contributed by atoms with Crippen LogP contribution < -0.4 is 15.1 Å². The van der Waals surface area contributed by atoms with Crippen LogP contribution in [-0.4, -0.2) is 92.6 Å². The number of para-hydroxylation sites is 2. The Morgan fingerprint density at radius 2 is 1.14 bits per heavy atom. The Labute approximate surface area is 421 Å². The van der Waals surface area contributed by atoms with E-state index in [1.807, 2.05) is 72.5 Å². The zero-order valence-electron chi connectivity index (χ0n) is 41.9.